The second kappa shape index (κ2) is 6.97. The zero-order valence-electron chi connectivity index (χ0n) is 11.3. The van der Waals surface area contributed by atoms with Crippen LogP contribution >= 0.6 is 24.8 Å². The number of benzene rings is 1. The van der Waals surface area contributed by atoms with Crippen LogP contribution in [-0.4, -0.2) is 18.6 Å². The minimum absolute atomic E-state index is 0. The predicted molar refractivity (Wildman–Crippen MR) is 88.6 cm³/mol. The highest BCUT2D eigenvalue weighted by Crippen LogP contribution is 2.27. The van der Waals surface area contributed by atoms with E-state index in [0.29, 0.717) is 0 Å². The molecule has 0 saturated heterocycles. The molecule has 6 heteroatoms. The molecule has 0 spiro atoms. The molecule has 0 bridgehead atoms. The van der Waals surface area contributed by atoms with Crippen molar-refractivity contribution in [3.8, 4) is 0 Å². The zero-order valence-corrected chi connectivity index (χ0v) is 12.9. The first-order chi connectivity index (χ1) is 8.79. The summed E-state index contributed by atoms with van der Waals surface area (Å²) in [7, 11) is 1.92. The maximum Gasteiger partial charge on any atom is 0.253 e. The van der Waals surface area contributed by atoms with Crippen LogP contribution < -0.4 is 16.2 Å². The lowest BCUT2D eigenvalue weighted by atomic mass is 10.0. The molecule has 110 valence electrons. The molecule has 20 heavy (non-hydrogen) atoms. The summed E-state index contributed by atoms with van der Waals surface area (Å²) < 4.78 is 0. The van der Waals surface area contributed by atoms with Gasteiger partial charge in [-0.1, -0.05) is 12.1 Å². The van der Waals surface area contributed by atoms with Crippen molar-refractivity contribution in [1.82, 2.24) is 10.3 Å². The number of aromatic nitrogens is 1. The Morgan fingerprint density at radius 1 is 1.30 bits per heavy atom. The van der Waals surface area contributed by atoms with Crippen molar-refractivity contribution in [2.75, 3.05) is 18.9 Å². The molecule has 0 unspecified atom stereocenters. The van der Waals surface area contributed by atoms with Crippen molar-refractivity contribution in [3.63, 3.8) is 0 Å². The number of halogens is 2. The van der Waals surface area contributed by atoms with Gasteiger partial charge in [-0.2, -0.15) is 0 Å². The Bertz CT molecular complexity index is 655. The average Bonchev–Trinajstić information content (AvgIpc) is 2.39. The molecule has 1 aliphatic rings. The van der Waals surface area contributed by atoms with Gasteiger partial charge in [0.05, 0.1) is 11.2 Å². The molecule has 0 atom stereocenters. The van der Waals surface area contributed by atoms with E-state index in [2.05, 4.69) is 27.8 Å². The number of nitrogens with one attached hydrogen (secondary N) is 3. The van der Waals surface area contributed by atoms with E-state index in [1.165, 1.54) is 5.56 Å². The molecular weight excluding hydrogens is 297 g/mol. The Labute approximate surface area is 130 Å². The minimum atomic E-state index is 0. The van der Waals surface area contributed by atoms with Gasteiger partial charge in [-0.25, -0.2) is 0 Å². The Morgan fingerprint density at radius 3 is 2.85 bits per heavy atom. The third-order valence-electron chi connectivity index (χ3n) is 3.46. The highest BCUT2D eigenvalue weighted by Gasteiger charge is 2.15. The van der Waals surface area contributed by atoms with Crippen LogP contribution in [0.4, 0.5) is 5.69 Å². The van der Waals surface area contributed by atoms with Gasteiger partial charge in [0.2, 0.25) is 0 Å². The summed E-state index contributed by atoms with van der Waals surface area (Å²) in [5.74, 6) is 0. The molecule has 0 amide bonds. The fourth-order valence-electron chi connectivity index (χ4n) is 2.62. The Kier molecular flexibility index (Phi) is 5.87. The van der Waals surface area contributed by atoms with Gasteiger partial charge in [0.1, 0.15) is 0 Å². The van der Waals surface area contributed by atoms with Crippen LogP contribution in [-0.2, 0) is 13.0 Å². The topological polar surface area (TPSA) is 56.9 Å². The molecule has 3 N–H and O–H groups in total. The number of anilines is 1. The first-order valence-electron chi connectivity index (χ1n) is 6.36. The smallest absolute Gasteiger partial charge is 0.253 e. The summed E-state index contributed by atoms with van der Waals surface area (Å²) in [5, 5.41) is 7.60. The summed E-state index contributed by atoms with van der Waals surface area (Å²) in [4.78, 5) is 15.0. The molecule has 0 aliphatic carbocycles. The molecule has 2 heterocycles. The quantitative estimate of drug-likeness (QED) is 0.798. The molecule has 3 rings (SSSR count). The molecule has 1 aromatic heterocycles. The van der Waals surface area contributed by atoms with Crippen LogP contribution in [0.1, 0.15) is 17.5 Å². The number of aromatic amines is 1. The fourth-order valence-corrected chi connectivity index (χ4v) is 2.62. The van der Waals surface area contributed by atoms with Crippen LogP contribution in [0.3, 0.4) is 0 Å². The first kappa shape index (κ1) is 16.8. The SMILES string of the molecule is CNCc1ccc2c3c(c(=O)[nH]c2c1)CCCN3.Cl.Cl. The molecule has 1 aliphatic heterocycles. The van der Waals surface area contributed by atoms with E-state index in [-0.39, 0.29) is 30.4 Å². The van der Waals surface area contributed by atoms with Crippen molar-refractivity contribution >= 4 is 41.4 Å². The van der Waals surface area contributed by atoms with E-state index in [0.717, 1.165) is 48.1 Å². The molecular formula is C14H19Cl2N3O. The van der Waals surface area contributed by atoms with Crippen LogP contribution in [0.15, 0.2) is 23.0 Å². The Balaban J connectivity index is 0.000001000. The lowest BCUT2D eigenvalue weighted by Gasteiger charge is -2.19. The van der Waals surface area contributed by atoms with E-state index in [9.17, 15) is 4.79 Å². The lowest BCUT2D eigenvalue weighted by Crippen LogP contribution is -2.22. The van der Waals surface area contributed by atoms with Crippen molar-refractivity contribution < 1.29 is 0 Å². The van der Waals surface area contributed by atoms with E-state index in [4.69, 9.17) is 0 Å². The maximum absolute atomic E-state index is 12.0. The summed E-state index contributed by atoms with van der Waals surface area (Å²) in [5.41, 5.74) is 4.06. The van der Waals surface area contributed by atoms with Gasteiger partial charge in [-0.05, 0) is 31.5 Å². The van der Waals surface area contributed by atoms with E-state index in [1.807, 2.05) is 13.1 Å². The molecule has 4 nitrogen and oxygen atoms in total. The summed E-state index contributed by atoms with van der Waals surface area (Å²) in [6.45, 7) is 1.76. The third-order valence-corrected chi connectivity index (χ3v) is 3.46. The van der Waals surface area contributed by atoms with Crippen LogP contribution in [0.2, 0.25) is 0 Å². The number of H-pyrrole nitrogens is 1. The molecule has 0 saturated carbocycles. The van der Waals surface area contributed by atoms with Crippen molar-refractivity contribution in [2.24, 2.45) is 0 Å². The van der Waals surface area contributed by atoms with Crippen molar-refractivity contribution in [2.45, 2.75) is 19.4 Å². The fraction of sp³-hybridized carbons (Fsp3) is 0.357. The number of rotatable bonds is 2. The second-order valence-corrected chi connectivity index (χ2v) is 4.75. The van der Waals surface area contributed by atoms with Crippen molar-refractivity contribution in [1.29, 1.82) is 0 Å². The van der Waals surface area contributed by atoms with E-state index in [1.54, 1.807) is 0 Å². The first-order valence-corrected chi connectivity index (χ1v) is 6.36. The normalized spacial score (nSPS) is 12.8. The third kappa shape index (κ3) is 2.92. The summed E-state index contributed by atoms with van der Waals surface area (Å²) >= 11 is 0. The van der Waals surface area contributed by atoms with Gasteiger partial charge in [0.15, 0.2) is 0 Å². The molecule has 0 fully saturated rings. The Hall–Kier alpha value is -1.23. The zero-order chi connectivity index (χ0) is 12.5. The van der Waals surface area contributed by atoms with Gasteiger partial charge in [0.25, 0.3) is 5.56 Å². The Morgan fingerprint density at radius 2 is 2.10 bits per heavy atom. The van der Waals surface area contributed by atoms with E-state index >= 15 is 0 Å². The number of hydrogen-bond donors (Lipinski definition) is 3. The number of hydrogen-bond acceptors (Lipinski definition) is 3. The summed E-state index contributed by atoms with van der Waals surface area (Å²) in [6.07, 6.45) is 1.89. The van der Waals surface area contributed by atoms with Gasteiger partial charge in [-0.3, -0.25) is 4.79 Å². The minimum Gasteiger partial charge on any atom is -0.384 e. The van der Waals surface area contributed by atoms with Gasteiger partial charge >= 0.3 is 0 Å². The van der Waals surface area contributed by atoms with Crippen LogP contribution in [0.25, 0.3) is 10.9 Å². The number of pyridine rings is 1. The summed E-state index contributed by atoms with van der Waals surface area (Å²) in [6, 6.07) is 6.24. The maximum atomic E-state index is 12.0. The van der Waals surface area contributed by atoms with Crippen LogP contribution in [0.5, 0.6) is 0 Å². The van der Waals surface area contributed by atoms with Crippen molar-refractivity contribution in [3.05, 3.63) is 39.7 Å². The highest BCUT2D eigenvalue weighted by atomic mass is 35.5. The average molecular weight is 316 g/mol. The molecule has 1 aromatic carbocycles. The molecule has 0 radical (unpaired) electrons. The van der Waals surface area contributed by atoms with Gasteiger partial charge in [0, 0.05) is 24.0 Å². The van der Waals surface area contributed by atoms with E-state index < -0.39 is 0 Å². The predicted octanol–water partition coefficient (Wildman–Crippen LogP) is 2.45. The van der Waals surface area contributed by atoms with Gasteiger partial charge in [-0.15, -0.1) is 24.8 Å². The van der Waals surface area contributed by atoms with Crippen LogP contribution in [0, 0.1) is 0 Å². The van der Waals surface area contributed by atoms with Gasteiger partial charge < -0.3 is 15.6 Å². The second-order valence-electron chi connectivity index (χ2n) is 4.75. The largest absolute Gasteiger partial charge is 0.384 e. The monoisotopic (exact) mass is 315 g/mol. The molecule has 2 aromatic rings. The highest BCUT2D eigenvalue weighted by molar-refractivity contribution is 5.93. The number of fused-ring (bicyclic) bond motifs is 3. The standard InChI is InChI=1S/C14H17N3O.2ClH/c1-15-8-9-4-5-10-12(7-9)17-14(18)11-3-2-6-16-13(10)11;;/h4-5,7,15-16H,2-3,6,8H2,1H3,(H,17,18);2*1H. The lowest BCUT2D eigenvalue weighted by molar-refractivity contribution is 0.815.